The van der Waals surface area contributed by atoms with Gasteiger partial charge in [-0.3, -0.25) is 9.78 Å². The topological polar surface area (TPSA) is 60.9 Å². The highest BCUT2D eigenvalue weighted by Crippen LogP contribution is 2.42. The molecular formula is C26H26N2O4. The zero-order valence-corrected chi connectivity index (χ0v) is 18.2. The zero-order valence-electron chi connectivity index (χ0n) is 18.2. The van der Waals surface area contributed by atoms with Crippen LogP contribution in [0.4, 0.5) is 0 Å². The fraction of sp³-hybridized carbons (Fsp3) is 0.385. The number of benzene rings is 2. The second-order valence-corrected chi connectivity index (χ2v) is 8.94. The lowest BCUT2D eigenvalue weighted by atomic mass is 9.97. The first-order valence-electron chi connectivity index (χ1n) is 11.3. The number of hydrogen-bond acceptors (Lipinski definition) is 5. The van der Waals surface area contributed by atoms with Crippen molar-refractivity contribution in [1.82, 2.24) is 9.88 Å². The van der Waals surface area contributed by atoms with Crippen molar-refractivity contribution >= 4 is 16.8 Å². The molecule has 1 saturated heterocycles. The number of amides is 1. The summed E-state index contributed by atoms with van der Waals surface area (Å²) in [6.45, 7) is 1.89. The van der Waals surface area contributed by atoms with Crippen LogP contribution in [0.1, 0.15) is 31.2 Å². The number of piperidine rings is 1. The number of fused-ring (bicyclic) bond motifs is 2. The average Bonchev–Trinajstić information content (AvgIpc) is 3.69. The Balaban J connectivity index is 1.24. The van der Waals surface area contributed by atoms with E-state index < -0.39 is 5.79 Å². The molecule has 6 nitrogen and oxygen atoms in total. The summed E-state index contributed by atoms with van der Waals surface area (Å²) in [4.78, 5) is 18.9. The predicted octanol–water partition coefficient (Wildman–Crippen LogP) is 4.55. The lowest BCUT2D eigenvalue weighted by Crippen LogP contribution is -2.52. The number of rotatable bonds is 3. The molecule has 0 radical (unpaired) electrons. The van der Waals surface area contributed by atoms with Crippen LogP contribution in [0.3, 0.4) is 0 Å². The van der Waals surface area contributed by atoms with Crippen LogP contribution >= 0.6 is 0 Å². The molecule has 6 heteroatoms. The van der Waals surface area contributed by atoms with Crippen LogP contribution in [0.15, 0.2) is 48.7 Å². The molecule has 1 saturated carbocycles. The molecule has 3 heterocycles. The zero-order chi connectivity index (χ0) is 21.7. The Labute approximate surface area is 187 Å². The number of aromatic nitrogens is 1. The molecule has 1 aromatic heterocycles. The van der Waals surface area contributed by atoms with E-state index in [4.69, 9.17) is 14.2 Å². The van der Waals surface area contributed by atoms with Gasteiger partial charge in [0.1, 0.15) is 11.3 Å². The van der Waals surface area contributed by atoms with Crippen molar-refractivity contribution in [3.8, 4) is 22.6 Å². The number of carbonyl (C=O) groups excluding carboxylic acids is 1. The molecule has 1 amide bonds. The van der Waals surface area contributed by atoms with Gasteiger partial charge in [-0.25, -0.2) is 0 Å². The van der Waals surface area contributed by atoms with Gasteiger partial charge >= 0.3 is 0 Å². The van der Waals surface area contributed by atoms with Crippen molar-refractivity contribution in [1.29, 1.82) is 0 Å². The van der Waals surface area contributed by atoms with Crippen LogP contribution in [-0.2, 0) is 16.1 Å². The Hall–Kier alpha value is -3.12. The summed E-state index contributed by atoms with van der Waals surface area (Å²) in [6.07, 6.45) is 5.28. The number of carbonyl (C=O) groups is 1. The van der Waals surface area contributed by atoms with Crippen LogP contribution in [0.5, 0.6) is 11.5 Å². The molecule has 6 rings (SSSR count). The Morgan fingerprint density at radius 1 is 1.16 bits per heavy atom. The second kappa shape index (κ2) is 7.48. The molecule has 1 aliphatic carbocycles. The van der Waals surface area contributed by atoms with Crippen molar-refractivity contribution in [2.24, 2.45) is 5.92 Å². The molecular weight excluding hydrogens is 404 g/mol. The van der Waals surface area contributed by atoms with Gasteiger partial charge in [0.2, 0.25) is 11.7 Å². The molecule has 3 aromatic rings. The maximum atomic E-state index is 12.4. The molecule has 2 aromatic carbocycles. The predicted molar refractivity (Wildman–Crippen MR) is 120 cm³/mol. The van der Waals surface area contributed by atoms with Crippen molar-refractivity contribution in [3.63, 3.8) is 0 Å². The van der Waals surface area contributed by atoms with E-state index in [0.29, 0.717) is 38.4 Å². The van der Waals surface area contributed by atoms with Gasteiger partial charge in [0, 0.05) is 54.6 Å². The summed E-state index contributed by atoms with van der Waals surface area (Å²) in [5, 5.41) is 1.05. The number of likely N-dealkylation sites (tertiary alicyclic amines) is 1. The monoisotopic (exact) mass is 430 g/mol. The standard InChI is InChI=1S/C26H26N2O4/c1-30-24-21(8-6-17-3-2-12-27-23(17)24)19-7-9-22-20(15-19)16-31-26(32-22)10-13-28(14-11-26)25(29)18-4-5-18/h2-3,6-9,12,15,18H,4-5,10-11,13-14,16H2,1H3. The molecule has 0 unspecified atom stereocenters. The minimum absolute atomic E-state index is 0.263. The lowest BCUT2D eigenvalue weighted by molar-refractivity contribution is -0.227. The van der Waals surface area contributed by atoms with Gasteiger partial charge in [0.15, 0.2) is 5.75 Å². The van der Waals surface area contributed by atoms with E-state index in [1.807, 2.05) is 23.1 Å². The van der Waals surface area contributed by atoms with Crippen LogP contribution in [-0.4, -0.2) is 41.8 Å². The Morgan fingerprint density at radius 2 is 2.00 bits per heavy atom. The molecule has 0 atom stereocenters. The van der Waals surface area contributed by atoms with E-state index in [1.54, 1.807) is 13.3 Å². The third-order valence-corrected chi connectivity index (χ3v) is 6.85. The molecule has 1 spiro atoms. The summed E-state index contributed by atoms with van der Waals surface area (Å²) in [7, 11) is 1.68. The van der Waals surface area contributed by atoms with E-state index in [-0.39, 0.29) is 5.92 Å². The number of nitrogens with zero attached hydrogens (tertiary/aromatic N) is 2. The first-order chi connectivity index (χ1) is 15.7. The molecule has 2 aliphatic heterocycles. The van der Waals surface area contributed by atoms with Gasteiger partial charge in [0.25, 0.3) is 0 Å². The number of pyridine rings is 1. The minimum Gasteiger partial charge on any atom is -0.494 e. The van der Waals surface area contributed by atoms with Crippen LogP contribution in [0.25, 0.3) is 22.0 Å². The number of ether oxygens (including phenoxy) is 3. The van der Waals surface area contributed by atoms with E-state index in [9.17, 15) is 4.79 Å². The molecule has 32 heavy (non-hydrogen) atoms. The van der Waals surface area contributed by atoms with Crippen LogP contribution in [0.2, 0.25) is 0 Å². The van der Waals surface area contributed by atoms with Crippen molar-refractivity contribution in [3.05, 3.63) is 54.2 Å². The highest BCUT2D eigenvalue weighted by Gasteiger charge is 2.44. The van der Waals surface area contributed by atoms with Gasteiger partial charge in [-0.05, 0) is 42.7 Å². The maximum Gasteiger partial charge on any atom is 0.225 e. The fourth-order valence-electron chi connectivity index (χ4n) is 4.85. The quantitative estimate of drug-likeness (QED) is 0.610. The van der Waals surface area contributed by atoms with Crippen molar-refractivity contribution in [2.75, 3.05) is 20.2 Å². The average molecular weight is 431 g/mol. The third kappa shape index (κ3) is 3.30. The highest BCUT2D eigenvalue weighted by molar-refractivity contribution is 5.92. The first-order valence-corrected chi connectivity index (χ1v) is 11.3. The lowest BCUT2D eigenvalue weighted by Gasteiger charge is -2.44. The highest BCUT2D eigenvalue weighted by atomic mass is 16.7. The first kappa shape index (κ1) is 19.6. The van der Waals surface area contributed by atoms with Gasteiger partial charge in [-0.15, -0.1) is 0 Å². The minimum atomic E-state index is -0.626. The summed E-state index contributed by atoms with van der Waals surface area (Å²) >= 11 is 0. The summed E-state index contributed by atoms with van der Waals surface area (Å²) in [5.41, 5.74) is 3.91. The van der Waals surface area contributed by atoms with Crippen molar-refractivity contribution < 1.29 is 19.0 Å². The van der Waals surface area contributed by atoms with Crippen molar-refractivity contribution in [2.45, 2.75) is 38.1 Å². The fourth-order valence-corrected chi connectivity index (χ4v) is 4.85. The van der Waals surface area contributed by atoms with Gasteiger partial charge in [0.05, 0.1) is 13.7 Å². The molecule has 0 bridgehead atoms. The van der Waals surface area contributed by atoms with Gasteiger partial charge < -0.3 is 19.1 Å². The molecule has 164 valence electrons. The maximum absolute atomic E-state index is 12.4. The van der Waals surface area contributed by atoms with Crippen LogP contribution < -0.4 is 9.47 Å². The SMILES string of the molecule is COc1c(-c2ccc3c(c2)COC2(CCN(C(=O)C4CC4)CC2)O3)ccc2cccnc12. The van der Waals surface area contributed by atoms with E-state index in [0.717, 1.165) is 51.9 Å². The molecule has 3 aliphatic rings. The Bertz CT molecular complexity index is 1200. The number of hydrogen-bond donors (Lipinski definition) is 0. The smallest absolute Gasteiger partial charge is 0.225 e. The Morgan fingerprint density at radius 3 is 2.78 bits per heavy atom. The summed E-state index contributed by atoms with van der Waals surface area (Å²) in [6, 6.07) is 14.3. The third-order valence-electron chi connectivity index (χ3n) is 6.85. The second-order valence-electron chi connectivity index (χ2n) is 8.94. The van der Waals surface area contributed by atoms with E-state index in [2.05, 4.69) is 29.2 Å². The van der Waals surface area contributed by atoms with Gasteiger partial charge in [-0.1, -0.05) is 18.2 Å². The summed E-state index contributed by atoms with van der Waals surface area (Å²) in [5.74, 6) is 1.57. The van der Waals surface area contributed by atoms with Crippen LogP contribution in [0, 0.1) is 5.92 Å². The van der Waals surface area contributed by atoms with E-state index in [1.165, 1.54) is 0 Å². The largest absolute Gasteiger partial charge is 0.494 e. The molecule has 0 N–H and O–H groups in total. The normalized spacial score (nSPS) is 19.5. The Kier molecular flexibility index (Phi) is 4.57. The molecule has 2 fully saturated rings. The number of methoxy groups -OCH3 is 1. The summed E-state index contributed by atoms with van der Waals surface area (Å²) < 4.78 is 18.4. The van der Waals surface area contributed by atoms with E-state index >= 15 is 0 Å². The van der Waals surface area contributed by atoms with Gasteiger partial charge in [-0.2, -0.15) is 0 Å².